The monoisotopic (exact) mass is 143 g/mol. The van der Waals surface area contributed by atoms with Gasteiger partial charge in [0.1, 0.15) is 0 Å². The first kappa shape index (κ1) is 8.72. The van der Waals surface area contributed by atoms with Gasteiger partial charge in [0, 0.05) is 6.54 Å². The predicted octanol–water partition coefficient (Wildman–Crippen LogP) is -0.239. The van der Waals surface area contributed by atoms with Crippen molar-refractivity contribution < 1.29 is 9.63 Å². The Hall–Kier alpha value is -1.28. The fourth-order valence-electron chi connectivity index (χ4n) is 0.361. The fourth-order valence-corrected chi connectivity index (χ4v) is 0.361. The van der Waals surface area contributed by atoms with Crippen molar-refractivity contribution in [1.29, 1.82) is 5.26 Å². The van der Waals surface area contributed by atoms with Gasteiger partial charge in [-0.15, -0.1) is 0 Å². The Balaban J connectivity index is 3.15. The fraction of sp³-hybridized carbons (Fsp3) is 0.600. The summed E-state index contributed by atoms with van der Waals surface area (Å²) in [4.78, 5) is 14.8. The third-order valence-electron chi connectivity index (χ3n) is 0.717. The molecule has 0 saturated heterocycles. The second-order valence-corrected chi connectivity index (χ2v) is 1.47. The summed E-state index contributed by atoms with van der Waals surface area (Å²) < 4.78 is 0. The van der Waals surface area contributed by atoms with Crippen LogP contribution in [0, 0.1) is 11.3 Å². The van der Waals surface area contributed by atoms with E-state index in [0.717, 1.165) is 0 Å². The number of carbonyl (C=O) groups excluding carboxylic acids is 1. The molecule has 0 rings (SSSR count). The molecule has 2 amide bonds. The minimum atomic E-state index is -0.433. The number of hydrogen-bond donors (Lipinski definition) is 2. The zero-order valence-electron chi connectivity index (χ0n) is 5.68. The Bertz CT molecular complexity index is 140. The van der Waals surface area contributed by atoms with Crippen LogP contribution in [-0.2, 0) is 4.84 Å². The number of rotatable bonds is 3. The number of nitrogens with one attached hydrogen (secondary N) is 2. The van der Waals surface area contributed by atoms with Crippen molar-refractivity contribution in [2.75, 3.05) is 13.7 Å². The van der Waals surface area contributed by atoms with Gasteiger partial charge in [-0.1, -0.05) is 0 Å². The molecule has 0 aromatic heterocycles. The van der Waals surface area contributed by atoms with Crippen LogP contribution >= 0.6 is 0 Å². The van der Waals surface area contributed by atoms with Crippen LogP contribution in [-0.4, -0.2) is 19.7 Å². The molecule has 0 spiro atoms. The number of carbonyl (C=O) groups is 1. The minimum absolute atomic E-state index is 0.303. The topological polar surface area (TPSA) is 74.2 Å². The Kier molecular flexibility index (Phi) is 5.10. The second kappa shape index (κ2) is 5.85. The molecular formula is C5H9N3O2. The first-order chi connectivity index (χ1) is 4.81. The van der Waals surface area contributed by atoms with Gasteiger partial charge in [-0.25, -0.2) is 10.3 Å². The van der Waals surface area contributed by atoms with E-state index in [1.165, 1.54) is 7.11 Å². The van der Waals surface area contributed by atoms with E-state index in [0.29, 0.717) is 13.0 Å². The van der Waals surface area contributed by atoms with Crippen LogP contribution < -0.4 is 10.8 Å². The molecule has 0 fully saturated rings. The number of hydroxylamine groups is 1. The van der Waals surface area contributed by atoms with Crippen LogP contribution in [0.4, 0.5) is 4.79 Å². The van der Waals surface area contributed by atoms with E-state index >= 15 is 0 Å². The molecule has 5 heteroatoms. The van der Waals surface area contributed by atoms with Crippen LogP contribution in [0.5, 0.6) is 0 Å². The lowest BCUT2D eigenvalue weighted by Crippen LogP contribution is -2.35. The zero-order valence-corrected chi connectivity index (χ0v) is 5.68. The van der Waals surface area contributed by atoms with Crippen molar-refractivity contribution in [3.8, 4) is 6.07 Å². The number of nitriles is 1. The van der Waals surface area contributed by atoms with Crippen molar-refractivity contribution in [3.05, 3.63) is 0 Å². The molecule has 0 aromatic rings. The summed E-state index contributed by atoms with van der Waals surface area (Å²) in [6, 6.07) is 1.45. The zero-order chi connectivity index (χ0) is 7.82. The molecule has 0 saturated carbocycles. The van der Waals surface area contributed by atoms with E-state index in [1.807, 2.05) is 11.5 Å². The highest BCUT2D eigenvalue weighted by molar-refractivity contribution is 5.72. The lowest BCUT2D eigenvalue weighted by molar-refractivity contribution is 0.107. The standard InChI is InChI=1S/C5H9N3O2/c1-10-8-5(9)7-4-2-3-6/h2,4H2,1H3,(H2,7,8,9). The molecule has 2 N–H and O–H groups in total. The highest BCUT2D eigenvalue weighted by Crippen LogP contribution is 1.70. The number of urea groups is 1. The highest BCUT2D eigenvalue weighted by Gasteiger charge is 1.94. The van der Waals surface area contributed by atoms with Gasteiger partial charge in [0.2, 0.25) is 0 Å². The van der Waals surface area contributed by atoms with Crippen molar-refractivity contribution in [2.45, 2.75) is 6.42 Å². The quantitative estimate of drug-likeness (QED) is 0.423. The number of hydrogen-bond acceptors (Lipinski definition) is 3. The lowest BCUT2D eigenvalue weighted by atomic mass is 10.5. The molecular weight excluding hydrogens is 134 g/mol. The van der Waals surface area contributed by atoms with Gasteiger partial charge < -0.3 is 5.32 Å². The lowest BCUT2D eigenvalue weighted by Gasteiger charge is -2.01. The Labute approximate surface area is 58.9 Å². The molecule has 0 heterocycles. The summed E-state index contributed by atoms with van der Waals surface area (Å²) in [5.74, 6) is 0. The summed E-state index contributed by atoms with van der Waals surface area (Å²) >= 11 is 0. The van der Waals surface area contributed by atoms with E-state index in [1.54, 1.807) is 0 Å². The highest BCUT2D eigenvalue weighted by atomic mass is 16.6. The van der Waals surface area contributed by atoms with Gasteiger partial charge in [0.05, 0.1) is 19.6 Å². The second-order valence-electron chi connectivity index (χ2n) is 1.47. The summed E-state index contributed by atoms with van der Waals surface area (Å²) in [6.45, 7) is 0.339. The largest absolute Gasteiger partial charge is 0.338 e. The van der Waals surface area contributed by atoms with Crippen molar-refractivity contribution >= 4 is 6.03 Å². The molecule has 56 valence electrons. The number of amides is 2. The van der Waals surface area contributed by atoms with Crippen LogP contribution in [0.1, 0.15) is 6.42 Å². The van der Waals surface area contributed by atoms with Crippen molar-refractivity contribution in [3.63, 3.8) is 0 Å². The Morgan fingerprint density at radius 2 is 2.50 bits per heavy atom. The number of nitrogens with zero attached hydrogens (tertiary/aromatic N) is 1. The van der Waals surface area contributed by atoms with Crippen LogP contribution in [0.15, 0.2) is 0 Å². The average Bonchev–Trinajstić information content (AvgIpc) is 1.89. The maximum absolute atomic E-state index is 10.5. The normalized spacial score (nSPS) is 8.00. The first-order valence-corrected chi connectivity index (χ1v) is 2.75. The summed E-state index contributed by atoms with van der Waals surface area (Å²) in [7, 11) is 1.34. The van der Waals surface area contributed by atoms with E-state index in [-0.39, 0.29) is 0 Å². The summed E-state index contributed by atoms with van der Waals surface area (Å²) in [5.41, 5.74) is 2.04. The molecule has 0 aliphatic heterocycles. The van der Waals surface area contributed by atoms with Crippen LogP contribution in [0.2, 0.25) is 0 Å². The van der Waals surface area contributed by atoms with E-state index in [2.05, 4.69) is 10.2 Å². The van der Waals surface area contributed by atoms with Gasteiger partial charge in [0.25, 0.3) is 0 Å². The third kappa shape index (κ3) is 4.87. The van der Waals surface area contributed by atoms with E-state index < -0.39 is 6.03 Å². The molecule has 0 aromatic carbocycles. The van der Waals surface area contributed by atoms with Gasteiger partial charge in [-0.05, 0) is 0 Å². The predicted molar refractivity (Wildman–Crippen MR) is 33.8 cm³/mol. The molecule has 0 aliphatic rings. The molecule has 0 aliphatic carbocycles. The molecule has 5 nitrogen and oxygen atoms in total. The summed E-state index contributed by atoms with van der Waals surface area (Å²) in [6.07, 6.45) is 0.303. The Morgan fingerprint density at radius 1 is 1.80 bits per heavy atom. The SMILES string of the molecule is CONC(=O)NCCC#N. The van der Waals surface area contributed by atoms with E-state index in [4.69, 9.17) is 5.26 Å². The average molecular weight is 143 g/mol. The smallest absolute Gasteiger partial charge is 0.335 e. The molecule has 0 atom stereocenters. The van der Waals surface area contributed by atoms with Gasteiger partial charge in [0.15, 0.2) is 0 Å². The van der Waals surface area contributed by atoms with Crippen LogP contribution in [0.25, 0.3) is 0 Å². The third-order valence-corrected chi connectivity index (χ3v) is 0.717. The van der Waals surface area contributed by atoms with E-state index in [9.17, 15) is 4.79 Å². The van der Waals surface area contributed by atoms with Crippen molar-refractivity contribution in [2.24, 2.45) is 0 Å². The van der Waals surface area contributed by atoms with Gasteiger partial charge >= 0.3 is 6.03 Å². The van der Waals surface area contributed by atoms with Crippen molar-refractivity contribution in [1.82, 2.24) is 10.8 Å². The van der Waals surface area contributed by atoms with Gasteiger partial charge in [-0.3, -0.25) is 4.84 Å². The van der Waals surface area contributed by atoms with Crippen LogP contribution in [0.3, 0.4) is 0 Å². The maximum atomic E-state index is 10.5. The molecule has 0 bridgehead atoms. The molecule has 10 heavy (non-hydrogen) atoms. The molecule has 0 unspecified atom stereocenters. The van der Waals surface area contributed by atoms with Gasteiger partial charge in [-0.2, -0.15) is 5.26 Å². The first-order valence-electron chi connectivity index (χ1n) is 2.75. The minimum Gasteiger partial charge on any atom is -0.335 e. The molecule has 0 radical (unpaired) electrons. The maximum Gasteiger partial charge on any atom is 0.338 e. The Morgan fingerprint density at radius 3 is 3.00 bits per heavy atom. The summed E-state index contributed by atoms with van der Waals surface area (Å²) in [5, 5.41) is 10.4.